The van der Waals surface area contributed by atoms with Gasteiger partial charge in [-0.2, -0.15) is 0 Å². The number of nitrogens with zero attached hydrogens (tertiary/aromatic N) is 1. The van der Waals surface area contributed by atoms with Crippen molar-refractivity contribution in [1.82, 2.24) is 0 Å². The summed E-state index contributed by atoms with van der Waals surface area (Å²) in [5.74, 6) is 3.60. The van der Waals surface area contributed by atoms with Crippen LogP contribution in [-0.2, 0) is 16.2 Å². The molecule has 59 heavy (non-hydrogen) atoms. The fourth-order valence-corrected chi connectivity index (χ4v) is 14.7. The average molecular weight is 764 g/mol. The first-order valence-corrected chi connectivity index (χ1v) is 22.6. The summed E-state index contributed by atoms with van der Waals surface area (Å²) in [7, 11) is 0. The first-order chi connectivity index (χ1) is 28.7. The lowest BCUT2D eigenvalue weighted by Crippen LogP contribution is -2.73. The van der Waals surface area contributed by atoms with Gasteiger partial charge in [-0.1, -0.05) is 143 Å². The van der Waals surface area contributed by atoms with Gasteiger partial charge in [-0.3, -0.25) is 0 Å². The molecule has 1 heteroatoms. The van der Waals surface area contributed by atoms with Crippen molar-refractivity contribution in [2.45, 2.75) is 82.5 Å². The molecule has 4 saturated carbocycles. The highest BCUT2D eigenvalue weighted by atomic mass is 15.1. The van der Waals surface area contributed by atoms with Crippen LogP contribution in [0.1, 0.15) is 88.5 Å². The Balaban J connectivity index is 0.920. The largest absolute Gasteiger partial charge is 0.310 e. The molecule has 7 aromatic carbocycles. The molecule has 1 nitrogen and oxygen atoms in total. The predicted octanol–water partition coefficient (Wildman–Crippen LogP) is 15.3. The third-order valence-corrected chi connectivity index (χ3v) is 17.4. The monoisotopic (exact) mass is 763 g/mol. The Kier molecular flexibility index (Phi) is 6.81. The molecule has 2 bridgehead atoms. The van der Waals surface area contributed by atoms with Gasteiger partial charge in [-0.25, -0.2) is 0 Å². The molecule has 4 fully saturated rings. The van der Waals surface area contributed by atoms with E-state index >= 15 is 0 Å². The van der Waals surface area contributed by atoms with Gasteiger partial charge >= 0.3 is 0 Å². The number of hydrogen-bond donors (Lipinski definition) is 0. The minimum atomic E-state index is 0.124. The molecule has 2 spiro atoms. The highest BCUT2D eigenvalue weighted by Crippen LogP contribution is 2.89. The average Bonchev–Trinajstić information content (AvgIpc) is 3.90. The quantitative estimate of drug-likeness (QED) is 0.169. The summed E-state index contributed by atoms with van der Waals surface area (Å²) in [6, 6.07) is 58.4. The van der Waals surface area contributed by atoms with Crippen LogP contribution in [0.2, 0.25) is 0 Å². The number of rotatable bonds is 5. The second-order valence-electron chi connectivity index (χ2n) is 20.8. The molecule has 6 atom stereocenters. The molecule has 6 unspecified atom stereocenters. The third-order valence-electron chi connectivity index (χ3n) is 17.4. The highest BCUT2D eigenvalue weighted by molar-refractivity contribution is 5.97. The number of anilines is 3. The number of hydrogen-bond acceptors (Lipinski definition) is 1. The van der Waals surface area contributed by atoms with Gasteiger partial charge in [0.1, 0.15) is 0 Å². The van der Waals surface area contributed by atoms with Crippen LogP contribution < -0.4 is 4.90 Å². The predicted molar refractivity (Wildman–Crippen MR) is 246 cm³/mol. The molecular formula is C58H53N. The van der Waals surface area contributed by atoms with E-state index in [2.05, 4.69) is 184 Å². The normalized spacial score (nSPS) is 28.0. The Morgan fingerprint density at radius 1 is 0.458 bits per heavy atom. The van der Waals surface area contributed by atoms with E-state index in [0.29, 0.717) is 5.41 Å². The standard InChI is InChI=1S/C58H53N/c1-55(2)28-29-56(3,4)52-34-44(25-27-51(52)55)59(42-22-20-38(21-23-42)37-16-18-40(19-17-37)46-14-9-11-39-10-5-6-12-45(39)46)43-24-26-50-48(33-43)47-13-7-8-15-49(47)58(50)53-31-36-30-41-32-54(58)57(41,53)35-36/h5-27,33-34,36,41,53-54H,28-32,35H2,1-4H3. The summed E-state index contributed by atoms with van der Waals surface area (Å²) < 4.78 is 0. The molecule has 13 rings (SSSR count). The molecule has 0 heterocycles. The van der Waals surface area contributed by atoms with Gasteiger partial charge in [-0.05, 0) is 181 Å². The summed E-state index contributed by atoms with van der Waals surface area (Å²) in [6.07, 6.45) is 8.32. The molecule has 0 saturated heterocycles. The van der Waals surface area contributed by atoms with Crippen LogP contribution in [0, 0.1) is 29.1 Å². The van der Waals surface area contributed by atoms with Crippen LogP contribution in [0.25, 0.3) is 44.2 Å². The van der Waals surface area contributed by atoms with E-state index in [0.717, 1.165) is 23.7 Å². The third kappa shape index (κ3) is 4.42. The van der Waals surface area contributed by atoms with E-state index in [1.54, 1.807) is 11.1 Å². The fraction of sp³-hybridized carbons (Fsp3) is 0.310. The van der Waals surface area contributed by atoms with Gasteiger partial charge < -0.3 is 4.90 Å². The second kappa shape index (κ2) is 11.7. The van der Waals surface area contributed by atoms with Crippen LogP contribution >= 0.6 is 0 Å². The summed E-state index contributed by atoms with van der Waals surface area (Å²) >= 11 is 0. The molecule has 0 N–H and O–H groups in total. The molecule has 0 aliphatic heterocycles. The van der Waals surface area contributed by atoms with Crippen LogP contribution in [-0.4, -0.2) is 0 Å². The Hall–Kier alpha value is -5.40. The summed E-state index contributed by atoms with van der Waals surface area (Å²) in [4.78, 5) is 2.55. The zero-order valence-corrected chi connectivity index (χ0v) is 34.9. The van der Waals surface area contributed by atoms with Crippen molar-refractivity contribution in [2.24, 2.45) is 29.1 Å². The lowest BCUT2D eigenvalue weighted by molar-refractivity contribution is -0.231. The SMILES string of the molecule is CC1(C)CCC(C)(C)c2cc(N(c3ccc(-c4ccc(-c5cccc6ccccc56)cc4)cc3)c3ccc4c(c3)-c3ccccc3C43C4CC5CC6CC3C64C5)ccc21. The minimum absolute atomic E-state index is 0.124. The Labute approximate surface area is 350 Å². The maximum Gasteiger partial charge on any atom is 0.0468 e. The molecular weight excluding hydrogens is 711 g/mol. The second-order valence-corrected chi connectivity index (χ2v) is 20.8. The maximum absolute atomic E-state index is 2.58. The lowest BCUT2D eigenvalue weighted by atomic mass is 9.27. The van der Waals surface area contributed by atoms with Crippen molar-refractivity contribution in [3.05, 3.63) is 174 Å². The van der Waals surface area contributed by atoms with Crippen LogP contribution in [0.3, 0.4) is 0 Å². The van der Waals surface area contributed by atoms with Crippen LogP contribution in [0.5, 0.6) is 0 Å². The van der Waals surface area contributed by atoms with Gasteiger partial charge in [0.15, 0.2) is 0 Å². The smallest absolute Gasteiger partial charge is 0.0468 e. The first-order valence-electron chi connectivity index (χ1n) is 22.6. The summed E-state index contributed by atoms with van der Waals surface area (Å²) in [5.41, 5.74) is 19.1. The molecule has 0 aromatic heterocycles. The number of fused-ring (bicyclic) bond motifs is 10. The van der Waals surface area contributed by atoms with Gasteiger partial charge in [0.05, 0.1) is 0 Å². The van der Waals surface area contributed by atoms with E-state index in [1.165, 1.54) is 111 Å². The van der Waals surface area contributed by atoms with Crippen LogP contribution in [0.4, 0.5) is 17.1 Å². The summed E-state index contributed by atoms with van der Waals surface area (Å²) in [6.45, 7) is 9.77. The Bertz CT molecular complexity index is 2870. The van der Waals surface area contributed by atoms with Crippen molar-refractivity contribution in [3.63, 3.8) is 0 Å². The van der Waals surface area contributed by atoms with Crippen molar-refractivity contribution in [2.75, 3.05) is 4.90 Å². The summed E-state index contributed by atoms with van der Waals surface area (Å²) in [5, 5.41) is 2.58. The van der Waals surface area contributed by atoms with Crippen LogP contribution in [0.15, 0.2) is 152 Å². The van der Waals surface area contributed by atoms with E-state index in [1.807, 2.05) is 0 Å². The van der Waals surface area contributed by atoms with E-state index in [9.17, 15) is 0 Å². The molecule has 6 aliphatic carbocycles. The minimum Gasteiger partial charge on any atom is -0.310 e. The molecule has 7 aromatic rings. The topological polar surface area (TPSA) is 3.24 Å². The van der Waals surface area contributed by atoms with E-state index < -0.39 is 0 Å². The van der Waals surface area contributed by atoms with Gasteiger partial charge in [-0.15, -0.1) is 0 Å². The lowest BCUT2D eigenvalue weighted by Gasteiger charge is -2.76. The zero-order chi connectivity index (χ0) is 39.5. The van der Waals surface area contributed by atoms with Gasteiger partial charge in [0.2, 0.25) is 0 Å². The maximum atomic E-state index is 2.58. The zero-order valence-electron chi connectivity index (χ0n) is 34.9. The molecule has 290 valence electrons. The van der Waals surface area contributed by atoms with E-state index in [4.69, 9.17) is 0 Å². The molecule has 6 aliphatic rings. The first kappa shape index (κ1) is 34.5. The molecule has 0 radical (unpaired) electrons. The Morgan fingerprint density at radius 3 is 1.85 bits per heavy atom. The van der Waals surface area contributed by atoms with Gasteiger partial charge in [0.25, 0.3) is 0 Å². The number of benzene rings is 7. The van der Waals surface area contributed by atoms with Crippen molar-refractivity contribution >= 4 is 27.8 Å². The molecule has 0 amide bonds. The highest BCUT2D eigenvalue weighted by Gasteiger charge is 2.84. The van der Waals surface area contributed by atoms with Crippen molar-refractivity contribution in [1.29, 1.82) is 0 Å². The Morgan fingerprint density at radius 2 is 1.05 bits per heavy atom. The fourth-order valence-electron chi connectivity index (χ4n) is 14.7. The van der Waals surface area contributed by atoms with E-state index in [-0.39, 0.29) is 16.2 Å². The van der Waals surface area contributed by atoms with Crippen molar-refractivity contribution in [3.8, 4) is 33.4 Å². The van der Waals surface area contributed by atoms with Crippen molar-refractivity contribution < 1.29 is 0 Å². The van der Waals surface area contributed by atoms with Gasteiger partial charge in [0, 0.05) is 22.5 Å².